The predicted octanol–water partition coefficient (Wildman–Crippen LogP) is 3.81. The molecule has 0 aromatic heterocycles. The SMILES string of the molecule is CCCOc1ccc(CNC[C@H]2CCCN2CC)cc1Br. The number of nitrogens with one attached hydrogen (secondary N) is 1. The van der Waals surface area contributed by atoms with Gasteiger partial charge in [-0.25, -0.2) is 0 Å². The predicted molar refractivity (Wildman–Crippen MR) is 91.9 cm³/mol. The topological polar surface area (TPSA) is 24.5 Å². The summed E-state index contributed by atoms with van der Waals surface area (Å²) >= 11 is 3.60. The Bertz CT molecular complexity index is 439. The third-order valence-corrected chi connectivity index (χ3v) is 4.69. The van der Waals surface area contributed by atoms with Gasteiger partial charge in [-0.3, -0.25) is 4.90 Å². The standard InChI is InChI=1S/C17H27BrN2O/c1-3-10-21-17-8-7-14(11-16(17)18)12-19-13-15-6-5-9-20(15)4-2/h7-8,11,15,19H,3-6,9-10,12-13H2,1-2H3/t15-/m1/s1. The number of benzene rings is 1. The Hall–Kier alpha value is -0.580. The van der Waals surface area contributed by atoms with Crippen LogP contribution < -0.4 is 10.1 Å². The first-order valence-corrected chi connectivity index (χ1v) is 8.89. The van der Waals surface area contributed by atoms with Crippen LogP contribution >= 0.6 is 15.9 Å². The number of likely N-dealkylation sites (N-methyl/N-ethyl adjacent to an activating group) is 1. The number of halogens is 1. The van der Waals surface area contributed by atoms with Crippen molar-refractivity contribution >= 4 is 15.9 Å². The number of rotatable bonds is 8. The van der Waals surface area contributed by atoms with Gasteiger partial charge in [-0.1, -0.05) is 19.9 Å². The first-order chi connectivity index (χ1) is 10.2. The molecule has 1 saturated heterocycles. The molecule has 1 aliphatic rings. The van der Waals surface area contributed by atoms with Crippen LogP contribution in [0.5, 0.6) is 5.75 Å². The van der Waals surface area contributed by atoms with Gasteiger partial charge in [0.1, 0.15) is 5.75 Å². The molecule has 0 saturated carbocycles. The quantitative estimate of drug-likeness (QED) is 0.767. The van der Waals surface area contributed by atoms with E-state index in [1.54, 1.807) is 0 Å². The Kier molecular flexibility index (Phi) is 7.00. The normalized spacial score (nSPS) is 19.1. The van der Waals surface area contributed by atoms with Gasteiger partial charge in [-0.15, -0.1) is 0 Å². The molecule has 1 aromatic rings. The van der Waals surface area contributed by atoms with Crippen molar-refractivity contribution < 1.29 is 4.74 Å². The molecule has 1 aromatic carbocycles. The Morgan fingerprint density at radius 3 is 2.95 bits per heavy atom. The molecule has 1 atom stereocenters. The highest BCUT2D eigenvalue weighted by Gasteiger charge is 2.21. The van der Waals surface area contributed by atoms with Crippen LogP contribution in [0, 0.1) is 0 Å². The minimum atomic E-state index is 0.714. The van der Waals surface area contributed by atoms with E-state index in [2.05, 4.69) is 58.2 Å². The summed E-state index contributed by atoms with van der Waals surface area (Å²) in [6.45, 7) is 9.57. The van der Waals surface area contributed by atoms with Crippen LogP contribution in [0.15, 0.2) is 22.7 Å². The van der Waals surface area contributed by atoms with Crippen LogP contribution in [0.2, 0.25) is 0 Å². The molecule has 0 aliphatic carbocycles. The number of hydrogen-bond acceptors (Lipinski definition) is 3. The summed E-state index contributed by atoms with van der Waals surface area (Å²) in [5.74, 6) is 0.938. The fraction of sp³-hybridized carbons (Fsp3) is 0.647. The third kappa shape index (κ3) is 4.97. The van der Waals surface area contributed by atoms with Crippen molar-refractivity contribution in [1.29, 1.82) is 0 Å². The molecule has 21 heavy (non-hydrogen) atoms. The Morgan fingerprint density at radius 1 is 1.38 bits per heavy atom. The fourth-order valence-corrected chi connectivity index (χ4v) is 3.45. The van der Waals surface area contributed by atoms with Crippen molar-refractivity contribution in [3.63, 3.8) is 0 Å². The molecule has 1 N–H and O–H groups in total. The first-order valence-electron chi connectivity index (χ1n) is 8.10. The third-order valence-electron chi connectivity index (χ3n) is 4.07. The van der Waals surface area contributed by atoms with Crippen molar-refractivity contribution in [2.75, 3.05) is 26.2 Å². The second-order valence-electron chi connectivity index (χ2n) is 5.67. The van der Waals surface area contributed by atoms with Gasteiger partial charge >= 0.3 is 0 Å². The van der Waals surface area contributed by atoms with E-state index >= 15 is 0 Å². The molecule has 0 bridgehead atoms. The lowest BCUT2D eigenvalue weighted by atomic mass is 10.2. The highest BCUT2D eigenvalue weighted by Crippen LogP contribution is 2.26. The smallest absolute Gasteiger partial charge is 0.133 e. The minimum absolute atomic E-state index is 0.714. The van der Waals surface area contributed by atoms with Crippen LogP contribution in [0.25, 0.3) is 0 Å². The average molecular weight is 355 g/mol. The second kappa shape index (κ2) is 8.76. The van der Waals surface area contributed by atoms with E-state index in [1.807, 2.05) is 0 Å². The molecular formula is C17H27BrN2O. The van der Waals surface area contributed by atoms with Crippen molar-refractivity contribution in [2.24, 2.45) is 0 Å². The second-order valence-corrected chi connectivity index (χ2v) is 6.52. The molecular weight excluding hydrogens is 328 g/mol. The zero-order chi connectivity index (χ0) is 15.1. The van der Waals surface area contributed by atoms with E-state index in [0.29, 0.717) is 6.04 Å². The highest BCUT2D eigenvalue weighted by atomic mass is 79.9. The van der Waals surface area contributed by atoms with Gasteiger partial charge in [0.15, 0.2) is 0 Å². The molecule has 0 amide bonds. The van der Waals surface area contributed by atoms with Gasteiger partial charge in [-0.05, 0) is 66.0 Å². The summed E-state index contributed by atoms with van der Waals surface area (Å²) in [4.78, 5) is 2.57. The maximum absolute atomic E-state index is 5.68. The molecule has 1 heterocycles. The summed E-state index contributed by atoms with van der Waals surface area (Å²) in [6.07, 6.45) is 3.70. The lowest BCUT2D eigenvalue weighted by Crippen LogP contribution is -2.37. The number of likely N-dealkylation sites (tertiary alicyclic amines) is 1. The molecule has 0 spiro atoms. The maximum Gasteiger partial charge on any atom is 0.133 e. The van der Waals surface area contributed by atoms with Crippen LogP contribution in [0.4, 0.5) is 0 Å². The number of nitrogens with zero attached hydrogens (tertiary/aromatic N) is 1. The van der Waals surface area contributed by atoms with E-state index in [4.69, 9.17) is 4.74 Å². The van der Waals surface area contributed by atoms with Crippen molar-refractivity contribution in [1.82, 2.24) is 10.2 Å². The summed E-state index contributed by atoms with van der Waals surface area (Å²) in [5, 5.41) is 3.59. The first kappa shape index (κ1) is 16.8. The van der Waals surface area contributed by atoms with Crippen molar-refractivity contribution in [3.05, 3.63) is 28.2 Å². The number of ether oxygens (including phenoxy) is 1. The van der Waals surface area contributed by atoms with Gasteiger partial charge in [0, 0.05) is 19.1 Å². The zero-order valence-electron chi connectivity index (χ0n) is 13.2. The molecule has 118 valence electrons. The molecule has 1 aliphatic heterocycles. The lowest BCUT2D eigenvalue weighted by molar-refractivity contribution is 0.260. The van der Waals surface area contributed by atoms with Gasteiger partial charge in [0.25, 0.3) is 0 Å². The monoisotopic (exact) mass is 354 g/mol. The van der Waals surface area contributed by atoms with Gasteiger partial charge in [0.2, 0.25) is 0 Å². The largest absolute Gasteiger partial charge is 0.492 e. The van der Waals surface area contributed by atoms with Crippen molar-refractivity contribution in [3.8, 4) is 5.75 Å². The van der Waals surface area contributed by atoms with Crippen LogP contribution in [-0.4, -0.2) is 37.2 Å². The van der Waals surface area contributed by atoms with E-state index in [-0.39, 0.29) is 0 Å². The Balaban J connectivity index is 1.79. The zero-order valence-corrected chi connectivity index (χ0v) is 14.8. The summed E-state index contributed by atoms with van der Waals surface area (Å²) in [6, 6.07) is 7.08. The van der Waals surface area contributed by atoms with Crippen LogP contribution in [0.3, 0.4) is 0 Å². The highest BCUT2D eigenvalue weighted by molar-refractivity contribution is 9.10. The number of hydrogen-bond donors (Lipinski definition) is 1. The molecule has 1 fully saturated rings. The Labute approximate surface area is 137 Å². The minimum Gasteiger partial charge on any atom is -0.492 e. The van der Waals surface area contributed by atoms with E-state index in [1.165, 1.54) is 31.5 Å². The summed E-state index contributed by atoms with van der Waals surface area (Å²) in [7, 11) is 0. The maximum atomic E-state index is 5.68. The van der Waals surface area contributed by atoms with Crippen LogP contribution in [0.1, 0.15) is 38.7 Å². The summed E-state index contributed by atoms with van der Waals surface area (Å²) in [5.41, 5.74) is 1.30. The van der Waals surface area contributed by atoms with E-state index in [0.717, 1.165) is 36.3 Å². The molecule has 4 heteroatoms. The average Bonchev–Trinajstić information content (AvgIpc) is 2.94. The Morgan fingerprint density at radius 2 is 2.24 bits per heavy atom. The molecule has 0 unspecified atom stereocenters. The van der Waals surface area contributed by atoms with Gasteiger partial charge in [0.05, 0.1) is 11.1 Å². The van der Waals surface area contributed by atoms with Gasteiger partial charge in [-0.2, -0.15) is 0 Å². The molecule has 0 radical (unpaired) electrons. The lowest BCUT2D eigenvalue weighted by Gasteiger charge is -2.23. The fourth-order valence-electron chi connectivity index (χ4n) is 2.91. The van der Waals surface area contributed by atoms with Gasteiger partial charge < -0.3 is 10.1 Å². The van der Waals surface area contributed by atoms with E-state index < -0.39 is 0 Å². The van der Waals surface area contributed by atoms with Crippen LogP contribution in [-0.2, 0) is 6.54 Å². The molecule has 3 nitrogen and oxygen atoms in total. The van der Waals surface area contributed by atoms with E-state index in [9.17, 15) is 0 Å². The van der Waals surface area contributed by atoms with Crippen molar-refractivity contribution in [2.45, 2.75) is 45.7 Å². The summed E-state index contributed by atoms with van der Waals surface area (Å²) < 4.78 is 6.73. The molecule has 2 rings (SSSR count).